The molecule has 182 valence electrons. The second kappa shape index (κ2) is 10.8. The van der Waals surface area contributed by atoms with Gasteiger partial charge in [-0.25, -0.2) is 4.79 Å². The third-order valence-corrected chi connectivity index (χ3v) is 5.45. The molecule has 0 aliphatic carbocycles. The van der Waals surface area contributed by atoms with Crippen molar-refractivity contribution < 1.29 is 64.6 Å². The zero-order valence-corrected chi connectivity index (χ0v) is 17.1. The smallest absolute Gasteiger partial charge is 0.370 e. The Labute approximate surface area is 178 Å². The first-order valence-corrected chi connectivity index (χ1v) is 10.1. The maximum atomic E-state index is 13.0. The van der Waals surface area contributed by atoms with Crippen LogP contribution in [0.5, 0.6) is 0 Å². The van der Waals surface area contributed by atoms with Gasteiger partial charge >= 0.3 is 11.8 Å². The fraction of sp³-hybridized carbons (Fsp3) is 0.944. The molecule has 0 aromatic heterocycles. The lowest BCUT2D eigenvalue weighted by Gasteiger charge is -2.49. The predicted molar refractivity (Wildman–Crippen MR) is 98.1 cm³/mol. The van der Waals surface area contributed by atoms with Crippen molar-refractivity contribution in [1.82, 2.24) is 0 Å². The Morgan fingerprint density at radius 1 is 0.871 bits per heavy atom. The molecule has 13 nitrogen and oxygen atoms in total. The Bertz CT molecular complexity index is 589. The van der Waals surface area contributed by atoms with Crippen LogP contribution in [0, 0.1) is 0 Å². The average molecular weight is 456 g/mol. The summed E-state index contributed by atoms with van der Waals surface area (Å²) in [5.41, 5.74) is 0. The van der Waals surface area contributed by atoms with E-state index in [-0.39, 0.29) is 6.61 Å². The average Bonchev–Trinajstić information content (AvgIpc) is 3.01. The molecular formula is C18H32O13. The molecule has 13 heteroatoms. The van der Waals surface area contributed by atoms with E-state index in [1.807, 2.05) is 6.92 Å². The van der Waals surface area contributed by atoms with Crippen LogP contribution in [0.3, 0.4) is 0 Å². The number of aliphatic hydroxyl groups is 8. The molecule has 0 amide bonds. The molecule has 2 fully saturated rings. The summed E-state index contributed by atoms with van der Waals surface area (Å²) >= 11 is 0. The third-order valence-electron chi connectivity index (χ3n) is 5.45. The quantitative estimate of drug-likeness (QED) is 0.115. The first-order chi connectivity index (χ1) is 14.6. The molecule has 0 aromatic rings. The van der Waals surface area contributed by atoms with Crippen LogP contribution in [0.2, 0.25) is 0 Å². The Kier molecular flexibility index (Phi) is 9.13. The molecule has 2 aliphatic rings. The van der Waals surface area contributed by atoms with Crippen molar-refractivity contribution in [3.05, 3.63) is 0 Å². The van der Waals surface area contributed by atoms with E-state index in [1.165, 1.54) is 0 Å². The van der Waals surface area contributed by atoms with Crippen LogP contribution in [-0.4, -0.2) is 128 Å². The third kappa shape index (κ3) is 4.86. The highest BCUT2D eigenvalue weighted by atomic mass is 16.8. The van der Waals surface area contributed by atoms with Gasteiger partial charge in [-0.05, 0) is 6.42 Å². The van der Waals surface area contributed by atoms with Crippen molar-refractivity contribution in [3.8, 4) is 0 Å². The minimum absolute atomic E-state index is 0.131. The van der Waals surface area contributed by atoms with Gasteiger partial charge in [0.15, 0.2) is 0 Å². The summed E-state index contributed by atoms with van der Waals surface area (Å²) in [6.07, 6.45) is -11.1. The van der Waals surface area contributed by atoms with E-state index >= 15 is 0 Å². The van der Waals surface area contributed by atoms with E-state index in [9.17, 15) is 45.6 Å². The molecule has 2 aliphatic heterocycles. The first-order valence-electron chi connectivity index (χ1n) is 10.1. The van der Waals surface area contributed by atoms with Crippen LogP contribution in [0.15, 0.2) is 0 Å². The molecule has 2 saturated heterocycles. The van der Waals surface area contributed by atoms with Gasteiger partial charge in [0.25, 0.3) is 0 Å². The Morgan fingerprint density at radius 2 is 1.48 bits per heavy atom. The van der Waals surface area contributed by atoms with Crippen LogP contribution in [-0.2, 0) is 23.7 Å². The van der Waals surface area contributed by atoms with Crippen LogP contribution >= 0.6 is 0 Å². The van der Waals surface area contributed by atoms with Crippen molar-refractivity contribution in [2.45, 2.75) is 80.5 Å². The number of hydrogen-bond donors (Lipinski definition) is 8. The Morgan fingerprint density at radius 3 is 2.00 bits per heavy atom. The summed E-state index contributed by atoms with van der Waals surface area (Å²) in [6, 6.07) is 0. The van der Waals surface area contributed by atoms with Crippen LogP contribution in [0.25, 0.3) is 0 Å². The highest BCUT2D eigenvalue weighted by molar-refractivity contribution is 5.79. The van der Waals surface area contributed by atoms with E-state index in [0.717, 1.165) is 6.42 Å². The number of rotatable bonds is 10. The maximum absolute atomic E-state index is 13.0. The number of carbonyl (C=O) groups is 1. The van der Waals surface area contributed by atoms with E-state index in [1.54, 1.807) is 0 Å². The van der Waals surface area contributed by atoms with Crippen molar-refractivity contribution in [2.24, 2.45) is 0 Å². The lowest BCUT2D eigenvalue weighted by molar-refractivity contribution is -0.421. The number of unbranched alkanes of at least 4 members (excludes halogenated alkanes) is 2. The zero-order chi connectivity index (χ0) is 23.4. The van der Waals surface area contributed by atoms with Crippen LogP contribution in [0.1, 0.15) is 26.2 Å². The minimum atomic E-state index is -2.97. The van der Waals surface area contributed by atoms with Crippen molar-refractivity contribution in [2.75, 3.05) is 26.4 Å². The van der Waals surface area contributed by atoms with Crippen molar-refractivity contribution >= 4 is 5.97 Å². The molecule has 0 spiro atoms. The number of carbonyl (C=O) groups excluding carboxylic acids is 1. The molecule has 2 heterocycles. The predicted octanol–water partition coefficient (Wildman–Crippen LogP) is -4.29. The summed E-state index contributed by atoms with van der Waals surface area (Å²) in [5.74, 6) is -6.93. The molecule has 2 rings (SSSR count). The fourth-order valence-electron chi connectivity index (χ4n) is 3.56. The highest BCUT2D eigenvalue weighted by Gasteiger charge is 2.67. The van der Waals surface area contributed by atoms with Crippen molar-refractivity contribution in [3.63, 3.8) is 0 Å². The molecule has 1 unspecified atom stereocenters. The van der Waals surface area contributed by atoms with Gasteiger partial charge < -0.3 is 59.8 Å². The number of esters is 1. The molecular weight excluding hydrogens is 424 g/mol. The van der Waals surface area contributed by atoms with Gasteiger partial charge in [-0.3, -0.25) is 0 Å². The summed E-state index contributed by atoms with van der Waals surface area (Å²) in [7, 11) is 0. The summed E-state index contributed by atoms with van der Waals surface area (Å²) in [5, 5.41) is 80.0. The zero-order valence-electron chi connectivity index (χ0n) is 17.1. The molecule has 0 aromatic carbocycles. The normalized spacial score (nSPS) is 43.2. The van der Waals surface area contributed by atoms with Gasteiger partial charge in [0.2, 0.25) is 5.79 Å². The topological polar surface area (TPSA) is 216 Å². The highest BCUT2D eigenvalue weighted by Crippen LogP contribution is 2.41. The lowest BCUT2D eigenvalue weighted by atomic mass is 9.91. The number of hydrogen-bond acceptors (Lipinski definition) is 13. The van der Waals surface area contributed by atoms with Gasteiger partial charge in [0.1, 0.15) is 49.3 Å². The summed E-state index contributed by atoms with van der Waals surface area (Å²) < 4.78 is 21.1. The second-order valence-corrected chi connectivity index (χ2v) is 7.62. The SMILES string of the molecule is CCCCCOC(=O)[C@@]1(OC2(CO)O[C@H](CO)[C@@H](O)[C@@H]2O)O[C@H](CO)[C@@H](O)[C@H](O)[C@H]1O. The Hall–Kier alpha value is -0.970. The summed E-state index contributed by atoms with van der Waals surface area (Å²) in [6.45, 7) is -1.09. The number of aliphatic hydroxyl groups excluding tert-OH is 8. The molecule has 9 atom stereocenters. The molecule has 31 heavy (non-hydrogen) atoms. The van der Waals surface area contributed by atoms with Gasteiger partial charge in [0.05, 0.1) is 19.8 Å². The molecule has 0 saturated carbocycles. The number of ether oxygens (including phenoxy) is 4. The molecule has 8 N–H and O–H groups in total. The van der Waals surface area contributed by atoms with E-state index < -0.39 is 80.1 Å². The van der Waals surface area contributed by atoms with E-state index in [0.29, 0.717) is 12.8 Å². The Balaban J connectivity index is 2.43. The molecule has 0 radical (unpaired) electrons. The van der Waals surface area contributed by atoms with Gasteiger partial charge in [-0.1, -0.05) is 19.8 Å². The van der Waals surface area contributed by atoms with E-state index in [2.05, 4.69) is 0 Å². The fourth-order valence-corrected chi connectivity index (χ4v) is 3.56. The van der Waals surface area contributed by atoms with Gasteiger partial charge in [-0.2, -0.15) is 0 Å². The maximum Gasteiger partial charge on any atom is 0.370 e. The standard InChI is InChI=1S/C18H32O13/c1-2-3-4-5-28-16(27)18(15(26)13(24)11(22)9(6-19)30-18)31-17(8-21)14(25)12(23)10(7-20)29-17/h9-15,19-26H,2-8H2,1H3/t9-,10-,11-,12-,13+,14+,15-,17?,18-/m1/s1. The van der Waals surface area contributed by atoms with Gasteiger partial charge in [0, 0.05) is 0 Å². The second-order valence-electron chi connectivity index (χ2n) is 7.62. The van der Waals surface area contributed by atoms with Crippen molar-refractivity contribution in [1.29, 1.82) is 0 Å². The first kappa shape index (κ1) is 26.3. The lowest BCUT2D eigenvalue weighted by Crippen LogP contribution is -2.72. The minimum Gasteiger partial charge on any atom is -0.462 e. The largest absolute Gasteiger partial charge is 0.462 e. The van der Waals surface area contributed by atoms with E-state index in [4.69, 9.17) is 18.9 Å². The van der Waals surface area contributed by atoms with Crippen LogP contribution in [0.4, 0.5) is 0 Å². The summed E-state index contributed by atoms with van der Waals surface area (Å²) in [4.78, 5) is 13.0. The van der Waals surface area contributed by atoms with Crippen LogP contribution < -0.4 is 0 Å². The molecule has 0 bridgehead atoms. The monoisotopic (exact) mass is 456 g/mol. The van der Waals surface area contributed by atoms with Gasteiger partial charge in [-0.15, -0.1) is 0 Å².